The Morgan fingerprint density at radius 3 is 2.22 bits per heavy atom. The summed E-state index contributed by atoms with van der Waals surface area (Å²) in [7, 11) is -2.82. The number of nitrogens with one attached hydrogen (secondary N) is 1. The van der Waals surface area contributed by atoms with Crippen LogP contribution in [0.3, 0.4) is 0 Å². The van der Waals surface area contributed by atoms with Crippen molar-refractivity contribution in [1.29, 1.82) is 0 Å². The average molecular weight is 562 g/mol. The highest BCUT2D eigenvalue weighted by molar-refractivity contribution is 7.93. The number of hydrogen-bond acceptors (Lipinski definition) is 5. The van der Waals surface area contributed by atoms with Crippen LogP contribution in [0.15, 0.2) is 53.4 Å². The number of carbonyl (C=O) groups excluding carboxylic acids is 2. The first kappa shape index (κ1) is 26.8. The quantitative estimate of drug-likeness (QED) is 0.445. The van der Waals surface area contributed by atoms with Crippen LogP contribution in [0.1, 0.15) is 23.1 Å². The van der Waals surface area contributed by atoms with E-state index in [-0.39, 0.29) is 32.1 Å². The minimum Gasteiger partial charge on any atom is -0.505 e. The van der Waals surface area contributed by atoms with E-state index in [9.17, 15) is 23.1 Å². The summed E-state index contributed by atoms with van der Waals surface area (Å²) < 4.78 is 29.4. The number of carbonyl (C=O) groups is 2. The summed E-state index contributed by atoms with van der Waals surface area (Å²) in [6.45, 7) is 5.28. The summed E-state index contributed by atoms with van der Waals surface area (Å²) in [5, 5.41) is 12.5. The fourth-order valence-electron chi connectivity index (χ4n) is 4.60. The van der Waals surface area contributed by atoms with Gasteiger partial charge in [-0.05, 0) is 56.2 Å². The van der Waals surface area contributed by atoms with E-state index < -0.39 is 34.3 Å². The lowest BCUT2D eigenvalue weighted by atomic mass is 10.1. The predicted octanol–water partition coefficient (Wildman–Crippen LogP) is 5.19. The number of rotatable bonds is 5. The summed E-state index contributed by atoms with van der Waals surface area (Å²) in [4.78, 5) is 27.9. The van der Waals surface area contributed by atoms with Gasteiger partial charge in [0, 0.05) is 12.7 Å². The van der Waals surface area contributed by atoms with Crippen LogP contribution in [0.2, 0.25) is 10.0 Å². The number of phenols is 1. The molecule has 1 unspecified atom stereocenters. The Morgan fingerprint density at radius 1 is 1.05 bits per heavy atom. The maximum atomic E-state index is 14.2. The van der Waals surface area contributed by atoms with E-state index in [1.165, 1.54) is 24.1 Å². The van der Waals surface area contributed by atoms with Crippen LogP contribution < -0.4 is 14.5 Å². The van der Waals surface area contributed by atoms with Crippen LogP contribution in [-0.2, 0) is 19.6 Å². The minimum atomic E-state index is -4.26. The Bertz CT molecular complexity index is 1490. The number of amides is 2. The summed E-state index contributed by atoms with van der Waals surface area (Å²) in [5.41, 5.74) is 2.85. The molecule has 1 atom stereocenters. The van der Waals surface area contributed by atoms with Crippen molar-refractivity contribution in [3.63, 3.8) is 0 Å². The largest absolute Gasteiger partial charge is 0.505 e. The molecule has 37 heavy (non-hydrogen) atoms. The van der Waals surface area contributed by atoms with Gasteiger partial charge in [-0.1, -0.05) is 53.0 Å². The van der Waals surface area contributed by atoms with Gasteiger partial charge in [0.05, 0.1) is 32.7 Å². The highest BCUT2D eigenvalue weighted by Gasteiger charge is 2.43. The van der Waals surface area contributed by atoms with Crippen molar-refractivity contribution in [3.8, 4) is 5.75 Å². The molecule has 0 aliphatic carbocycles. The number of hydrogen-bond donors (Lipinski definition) is 2. The average Bonchev–Trinajstić information content (AvgIpc) is 2.81. The molecule has 0 fully saturated rings. The monoisotopic (exact) mass is 561 g/mol. The molecule has 0 spiro atoms. The number of aromatic hydroxyl groups is 1. The number of nitrogens with zero attached hydrogens (tertiary/aromatic N) is 2. The van der Waals surface area contributed by atoms with Gasteiger partial charge >= 0.3 is 0 Å². The smallest absolute Gasteiger partial charge is 0.265 e. The Labute approximate surface area is 225 Å². The first-order chi connectivity index (χ1) is 17.3. The number of anilines is 3. The van der Waals surface area contributed by atoms with Crippen LogP contribution in [0.4, 0.5) is 17.1 Å². The van der Waals surface area contributed by atoms with Crippen molar-refractivity contribution in [3.05, 3.63) is 75.3 Å². The highest BCUT2D eigenvalue weighted by atomic mass is 35.5. The molecule has 1 aliphatic heterocycles. The highest BCUT2D eigenvalue weighted by Crippen LogP contribution is 2.40. The second kappa shape index (κ2) is 9.89. The molecular formula is C26H25Cl2N3O5S. The van der Waals surface area contributed by atoms with Crippen molar-refractivity contribution in [1.82, 2.24) is 0 Å². The summed E-state index contributed by atoms with van der Waals surface area (Å²) in [6.07, 6.45) is -0.462. The maximum absolute atomic E-state index is 14.2. The molecule has 1 heterocycles. The van der Waals surface area contributed by atoms with Crippen LogP contribution in [-0.4, -0.2) is 38.4 Å². The van der Waals surface area contributed by atoms with Crippen molar-refractivity contribution in [2.75, 3.05) is 21.6 Å². The maximum Gasteiger partial charge on any atom is 0.265 e. The van der Waals surface area contributed by atoms with E-state index in [4.69, 9.17) is 23.2 Å². The number of aryl methyl sites for hydroxylation is 3. The first-order valence-corrected chi connectivity index (χ1v) is 13.5. The molecule has 11 heteroatoms. The van der Waals surface area contributed by atoms with Crippen LogP contribution in [0.5, 0.6) is 5.75 Å². The normalized spacial score (nSPS) is 15.2. The fourth-order valence-corrected chi connectivity index (χ4v) is 7.13. The molecule has 2 N–H and O–H groups in total. The van der Waals surface area contributed by atoms with E-state index >= 15 is 0 Å². The van der Waals surface area contributed by atoms with Crippen molar-refractivity contribution < 1.29 is 23.1 Å². The molecule has 194 valence electrons. The molecule has 2 amide bonds. The first-order valence-electron chi connectivity index (χ1n) is 11.3. The van der Waals surface area contributed by atoms with Gasteiger partial charge in [-0.25, -0.2) is 8.42 Å². The van der Waals surface area contributed by atoms with E-state index in [0.717, 1.165) is 9.87 Å². The molecule has 3 aromatic carbocycles. The Hall–Kier alpha value is -3.27. The van der Waals surface area contributed by atoms with E-state index in [1.807, 2.05) is 6.92 Å². The molecule has 1 aliphatic rings. The number of para-hydroxylation sites is 2. The van der Waals surface area contributed by atoms with Gasteiger partial charge in [0.25, 0.3) is 10.0 Å². The lowest BCUT2D eigenvalue weighted by molar-refractivity contribution is -0.123. The molecule has 3 aromatic rings. The Morgan fingerprint density at radius 2 is 1.62 bits per heavy atom. The van der Waals surface area contributed by atoms with Gasteiger partial charge < -0.3 is 15.3 Å². The van der Waals surface area contributed by atoms with Crippen LogP contribution >= 0.6 is 23.2 Å². The van der Waals surface area contributed by atoms with Gasteiger partial charge in [-0.3, -0.25) is 13.9 Å². The number of halogens is 2. The van der Waals surface area contributed by atoms with Gasteiger partial charge in [-0.2, -0.15) is 0 Å². The number of phenolic OH excluding ortho intramolecular Hbond substituents is 1. The number of benzene rings is 3. The molecule has 0 radical (unpaired) electrons. The third kappa shape index (κ3) is 4.86. The predicted molar refractivity (Wildman–Crippen MR) is 145 cm³/mol. The standard InChI is InChI=1S/C26H25Cl2N3O5S/c1-14-9-15(2)25(16(3)10-14)37(35,36)31-21-8-6-5-7-20(21)29-26(34)22(31)13-23(32)30(4)17-11-18(27)24(33)19(28)12-17/h5-12,22,33H,13H2,1-4H3,(H,29,34). The zero-order chi connectivity index (χ0) is 27.2. The van der Waals surface area contributed by atoms with E-state index in [2.05, 4.69) is 5.32 Å². The molecule has 4 rings (SSSR count). The lowest BCUT2D eigenvalue weighted by Crippen LogP contribution is -2.53. The molecular weight excluding hydrogens is 537 g/mol. The second-order valence-electron chi connectivity index (χ2n) is 8.97. The molecule has 0 saturated heterocycles. The molecule has 0 bridgehead atoms. The van der Waals surface area contributed by atoms with Crippen molar-refractivity contribution in [2.24, 2.45) is 0 Å². The van der Waals surface area contributed by atoms with Crippen molar-refractivity contribution >= 4 is 62.1 Å². The van der Waals surface area contributed by atoms with E-state index in [0.29, 0.717) is 16.8 Å². The van der Waals surface area contributed by atoms with Gasteiger partial charge in [0.15, 0.2) is 5.75 Å². The number of fused-ring (bicyclic) bond motifs is 1. The number of sulfonamides is 1. The lowest BCUT2D eigenvalue weighted by Gasteiger charge is -2.37. The fraction of sp³-hybridized carbons (Fsp3) is 0.231. The van der Waals surface area contributed by atoms with E-state index in [1.54, 1.807) is 50.2 Å². The van der Waals surface area contributed by atoms with Gasteiger partial charge in [0.2, 0.25) is 11.8 Å². The minimum absolute atomic E-state index is 0.0546. The second-order valence-corrected chi connectivity index (χ2v) is 11.5. The summed E-state index contributed by atoms with van der Waals surface area (Å²) in [6, 6.07) is 11.4. The summed E-state index contributed by atoms with van der Waals surface area (Å²) in [5.74, 6) is -1.51. The van der Waals surface area contributed by atoms with Crippen LogP contribution in [0, 0.1) is 20.8 Å². The molecule has 0 aromatic heterocycles. The summed E-state index contributed by atoms with van der Waals surface area (Å²) >= 11 is 12.0. The van der Waals surface area contributed by atoms with Gasteiger partial charge in [0.1, 0.15) is 6.04 Å². The zero-order valence-electron chi connectivity index (χ0n) is 20.5. The zero-order valence-corrected chi connectivity index (χ0v) is 22.9. The topological polar surface area (TPSA) is 107 Å². The third-order valence-corrected chi connectivity index (χ3v) is 8.94. The molecule has 0 saturated carbocycles. The van der Waals surface area contributed by atoms with Crippen molar-refractivity contribution in [2.45, 2.75) is 38.1 Å². The third-order valence-electron chi connectivity index (χ3n) is 6.24. The van der Waals surface area contributed by atoms with Gasteiger partial charge in [-0.15, -0.1) is 0 Å². The van der Waals surface area contributed by atoms with Crippen LogP contribution in [0.25, 0.3) is 0 Å². The Balaban J connectivity index is 1.80. The Kier molecular flexibility index (Phi) is 7.16. The SMILES string of the molecule is Cc1cc(C)c(S(=O)(=O)N2c3ccccc3NC(=O)C2CC(=O)N(C)c2cc(Cl)c(O)c(Cl)c2)c(C)c1. The molecule has 8 nitrogen and oxygen atoms in total.